The van der Waals surface area contributed by atoms with Crippen molar-refractivity contribution in [2.45, 2.75) is 26.3 Å². The normalized spacial score (nSPS) is 12.7. The fourth-order valence-corrected chi connectivity index (χ4v) is 2.34. The zero-order chi connectivity index (χ0) is 13.1. The summed E-state index contributed by atoms with van der Waals surface area (Å²) in [7, 11) is 1.89. The number of hydrogen-bond donors (Lipinski definition) is 1. The molecular weight excluding hydrogens is 294 g/mol. The molecule has 5 heteroatoms. The van der Waals surface area contributed by atoms with E-state index in [2.05, 4.69) is 38.3 Å². The Morgan fingerprint density at radius 2 is 2.22 bits per heavy atom. The van der Waals surface area contributed by atoms with Gasteiger partial charge >= 0.3 is 0 Å². The molecule has 0 aliphatic heterocycles. The summed E-state index contributed by atoms with van der Waals surface area (Å²) in [4.78, 5) is 4.46. The van der Waals surface area contributed by atoms with Gasteiger partial charge in [0.25, 0.3) is 0 Å². The van der Waals surface area contributed by atoms with Crippen molar-refractivity contribution >= 4 is 15.9 Å². The van der Waals surface area contributed by atoms with Crippen LogP contribution >= 0.6 is 15.9 Å². The topological polar surface area (TPSA) is 51.0 Å². The highest BCUT2D eigenvalue weighted by Gasteiger charge is 2.16. The SMILES string of the molecule is CCC(NC)c1nc(-c2ccc(Br)cc2C)no1. The number of halogens is 1. The van der Waals surface area contributed by atoms with Crippen LogP contribution in [-0.2, 0) is 0 Å². The molecule has 0 spiro atoms. The molecule has 96 valence electrons. The van der Waals surface area contributed by atoms with Crippen molar-refractivity contribution in [1.29, 1.82) is 0 Å². The van der Waals surface area contributed by atoms with E-state index in [1.54, 1.807) is 0 Å². The lowest BCUT2D eigenvalue weighted by Crippen LogP contribution is -2.15. The van der Waals surface area contributed by atoms with Gasteiger partial charge in [0.2, 0.25) is 11.7 Å². The van der Waals surface area contributed by atoms with Crippen molar-refractivity contribution < 1.29 is 4.52 Å². The highest BCUT2D eigenvalue weighted by Crippen LogP contribution is 2.25. The van der Waals surface area contributed by atoms with Crippen molar-refractivity contribution in [3.8, 4) is 11.4 Å². The Morgan fingerprint density at radius 3 is 2.83 bits per heavy atom. The van der Waals surface area contributed by atoms with Crippen LogP contribution < -0.4 is 5.32 Å². The van der Waals surface area contributed by atoms with Gasteiger partial charge in [0, 0.05) is 10.0 Å². The number of aryl methyl sites for hydroxylation is 1. The number of nitrogens with zero attached hydrogens (tertiary/aromatic N) is 2. The molecular formula is C13H16BrN3O. The molecule has 0 saturated heterocycles. The molecule has 2 aromatic rings. The molecule has 0 amide bonds. The van der Waals surface area contributed by atoms with Gasteiger partial charge in [0.05, 0.1) is 6.04 Å². The minimum absolute atomic E-state index is 0.113. The minimum atomic E-state index is 0.113. The monoisotopic (exact) mass is 309 g/mol. The zero-order valence-electron chi connectivity index (χ0n) is 10.7. The number of nitrogens with one attached hydrogen (secondary N) is 1. The van der Waals surface area contributed by atoms with Crippen molar-refractivity contribution in [2.24, 2.45) is 0 Å². The van der Waals surface area contributed by atoms with Crippen molar-refractivity contribution in [2.75, 3.05) is 7.05 Å². The van der Waals surface area contributed by atoms with Crippen LogP contribution in [0.15, 0.2) is 27.2 Å². The first-order chi connectivity index (χ1) is 8.65. The molecule has 1 aromatic heterocycles. The summed E-state index contributed by atoms with van der Waals surface area (Å²) in [5, 5.41) is 7.21. The first-order valence-corrected chi connectivity index (χ1v) is 6.72. The largest absolute Gasteiger partial charge is 0.337 e. The van der Waals surface area contributed by atoms with Crippen molar-refractivity contribution in [3.63, 3.8) is 0 Å². The Labute approximate surface area is 115 Å². The highest BCUT2D eigenvalue weighted by molar-refractivity contribution is 9.10. The number of benzene rings is 1. The first kappa shape index (κ1) is 13.2. The molecule has 1 N–H and O–H groups in total. The fourth-order valence-electron chi connectivity index (χ4n) is 1.87. The van der Waals surface area contributed by atoms with E-state index in [4.69, 9.17) is 4.52 Å². The molecule has 0 bridgehead atoms. The predicted molar refractivity (Wildman–Crippen MR) is 74.3 cm³/mol. The average Bonchev–Trinajstić information content (AvgIpc) is 2.80. The smallest absolute Gasteiger partial charge is 0.244 e. The average molecular weight is 310 g/mol. The predicted octanol–water partition coefficient (Wildman–Crippen LogP) is 3.48. The molecule has 4 nitrogen and oxygen atoms in total. The van der Waals surface area contributed by atoms with Crippen LogP contribution in [-0.4, -0.2) is 17.2 Å². The molecule has 2 rings (SSSR count). The first-order valence-electron chi connectivity index (χ1n) is 5.93. The van der Waals surface area contributed by atoms with Gasteiger partial charge in [-0.1, -0.05) is 28.0 Å². The summed E-state index contributed by atoms with van der Waals surface area (Å²) in [6.45, 7) is 4.11. The van der Waals surface area contributed by atoms with Gasteiger partial charge in [-0.25, -0.2) is 0 Å². The van der Waals surface area contributed by atoms with Gasteiger partial charge in [-0.05, 0) is 44.2 Å². The van der Waals surface area contributed by atoms with E-state index in [0.29, 0.717) is 11.7 Å². The van der Waals surface area contributed by atoms with E-state index in [1.807, 2.05) is 32.2 Å². The van der Waals surface area contributed by atoms with Gasteiger partial charge in [-0.15, -0.1) is 0 Å². The molecule has 0 radical (unpaired) electrons. The Morgan fingerprint density at radius 1 is 1.44 bits per heavy atom. The molecule has 18 heavy (non-hydrogen) atoms. The molecule has 1 heterocycles. The van der Waals surface area contributed by atoms with Crippen LogP contribution in [0.2, 0.25) is 0 Å². The summed E-state index contributed by atoms with van der Waals surface area (Å²) in [5.41, 5.74) is 2.12. The summed E-state index contributed by atoms with van der Waals surface area (Å²) in [6.07, 6.45) is 0.914. The maximum atomic E-state index is 5.31. The third-order valence-corrected chi connectivity index (χ3v) is 3.42. The van der Waals surface area contributed by atoms with Crippen LogP contribution in [0.5, 0.6) is 0 Å². The van der Waals surface area contributed by atoms with E-state index in [-0.39, 0.29) is 6.04 Å². The third-order valence-electron chi connectivity index (χ3n) is 2.93. The van der Waals surface area contributed by atoms with Crippen molar-refractivity contribution in [1.82, 2.24) is 15.5 Å². The van der Waals surface area contributed by atoms with Crippen LogP contribution in [0.25, 0.3) is 11.4 Å². The molecule has 0 fully saturated rings. The molecule has 1 unspecified atom stereocenters. The number of hydrogen-bond acceptors (Lipinski definition) is 4. The van der Waals surface area contributed by atoms with Crippen LogP contribution in [0, 0.1) is 6.92 Å². The Kier molecular flexibility index (Phi) is 4.14. The van der Waals surface area contributed by atoms with E-state index < -0.39 is 0 Å². The Bertz CT molecular complexity index is 535. The minimum Gasteiger partial charge on any atom is -0.337 e. The van der Waals surface area contributed by atoms with Gasteiger partial charge in [-0.2, -0.15) is 4.98 Å². The second-order valence-corrected chi connectivity index (χ2v) is 5.08. The standard InChI is InChI=1S/C13H16BrN3O/c1-4-11(15-3)13-16-12(17-18-13)10-6-5-9(14)7-8(10)2/h5-7,11,15H,4H2,1-3H3. The lowest BCUT2D eigenvalue weighted by atomic mass is 10.1. The van der Waals surface area contributed by atoms with E-state index in [1.165, 1.54) is 0 Å². The van der Waals surface area contributed by atoms with Crippen LogP contribution in [0.3, 0.4) is 0 Å². The maximum absolute atomic E-state index is 5.31. The second-order valence-electron chi connectivity index (χ2n) is 4.16. The fraction of sp³-hybridized carbons (Fsp3) is 0.385. The third kappa shape index (κ3) is 2.62. The van der Waals surface area contributed by atoms with Crippen LogP contribution in [0.1, 0.15) is 30.8 Å². The van der Waals surface area contributed by atoms with Gasteiger partial charge in [0.15, 0.2) is 0 Å². The molecule has 0 aliphatic rings. The summed E-state index contributed by atoms with van der Waals surface area (Å²) >= 11 is 3.45. The Balaban J connectivity index is 2.34. The van der Waals surface area contributed by atoms with Gasteiger partial charge in [-0.3, -0.25) is 0 Å². The van der Waals surface area contributed by atoms with Crippen molar-refractivity contribution in [3.05, 3.63) is 34.1 Å². The van der Waals surface area contributed by atoms with E-state index >= 15 is 0 Å². The van der Waals surface area contributed by atoms with Gasteiger partial charge < -0.3 is 9.84 Å². The molecule has 1 aromatic carbocycles. The summed E-state index contributed by atoms with van der Waals surface area (Å²) in [5.74, 6) is 1.28. The van der Waals surface area contributed by atoms with E-state index in [9.17, 15) is 0 Å². The van der Waals surface area contributed by atoms with Gasteiger partial charge in [0.1, 0.15) is 0 Å². The zero-order valence-corrected chi connectivity index (χ0v) is 12.3. The highest BCUT2D eigenvalue weighted by atomic mass is 79.9. The molecule has 0 saturated carbocycles. The summed E-state index contributed by atoms with van der Waals surface area (Å²) < 4.78 is 6.36. The number of rotatable bonds is 4. The molecule has 1 atom stereocenters. The maximum Gasteiger partial charge on any atom is 0.244 e. The quantitative estimate of drug-likeness (QED) is 0.939. The second kappa shape index (κ2) is 5.63. The lowest BCUT2D eigenvalue weighted by molar-refractivity contribution is 0.334. The van der Waals surface area contributed by atoms with E-state index in [0.717, 1.165) is 22.0 Å². The number of aromatic nitrogens is 2. The Hall–Kier alpha value is -1.20. The van der Waals surface area contributed by atoms with Crippen LogP contribution in [0.4, 0.5) is 0 Å². The summed E-state index contributed by atoms with van der Waals surface area (Å²) in [6, 6.07) is 6.13. The lowest BCUT2D eigenvalue weighted by Gasteiger charge is -2.06. The molecule has 0 aliphatic carbocycles.